The van der Waals surface area contributed by atoms with Gasteiger partial charge in [-0.3, -0.25) is 9.59 Å². The Morgan fingerprint density at radius 3 is 2.78 bits per heavy atom. The highest BCUT2D eigenvalue weighted by Gasteiger charge is 2.35. The van der Waals surface area contributed by atoms with Gasteiger partial charge < -0.3 is 14.8 Å². The van der Waals surface area contributed by atoms with Crippen molar-refractivity contribution in [3.05, 3.63) is 52.3 Å². The first-order chi connectivity index (χ1) is 15.5. The van der Waals surface area contributed by atoms with Crippen LogP contribution < -0.4 is 5.32 Å². The van der Waals surface area contributed by atoms with Crippen LogP contribution >= 0.6 is 23.1 Å². The van der Waals surface area contributed by atoms with E-state index in [-0.39, 0.29) is 23.6 Å². The van der Waals surface area contributed by atoms with E-state index in [4.69, 9.17) is 0 Å². The van der Waals surface area contributed by atoms with Crippen LogP contribution in [0.2, 0.25) is 0 Å². The van der Waals surface area contributed by atoms with Gasteiger partial charge in [-0.05, 0) is 45.2 Å². The number of carbonyl (C=O) groups excluding carboxylic acids is 2. The Kier molecular flexibility index (Phi) is 6.90. The number of hydrogen-bond acceptors (Lipinski definition) is 7. The van der Waals surface area contributed by atoms with Gasteiger partial charge in [0.1, 0.15) is 0 Å². The molecule has 1 fully saturated rings. The summed E-state index contributed by atoms with van der Waals surface area (Å²) in [6.45, 7) is 7.24. The molecule has 10 heteroatoms. The molecule has 0 radical (unpaired) electrons. The second-order valence-electron chi connectivity index (χ2n) is 7.69. The number of rotatable bonds is 7. The van der Waals surface area contributed by atoms with Gasteiger partial charge in [-0.2, -0.15) is 0 Å². The molecule has 2 aromatic heterocycles. The summed E-state index contributed by atoms with van der Waals surface area (Å²) in [7, 11) is 0. The molecule has 32 heavy (non-hydrogen) atoms. The Labute approximate surface area is 195 Å². The fourth-order valence-electron chi connectivity index (χ4n) is 3.89. The SMILES string of the molecule is CCn1c(SCC(=O)Nc2nc(C)cs2)nnc1C1CCCN1C(=O)c1ccccc1C. The second kappa shape index (κ2) is 9.83. The van der Waals surface area contributed by atoms with E-state index in [0.717, 1.165) is 35.5 Å². The minimum Gasteiger partial charge on any atom is -0.328 e. The average Bonchev–Trinajstić information content (AvgIpc) is 3.51. The van der Waals surface area contributed by atoms with E-state index in [1.54, 1.807) is 0 Å². The van der Waals surface area contributed by atoms with Gasteiger partial charge in [0.2, 0.25) is 5.91 Å². The highest BCUT2D eigenvalue weighted by atomic mass is 32.2. The lowest BCUT2D eigenvalue weighted by molar-refractivity contribution is -0.113. The molecule has 4 rings (SSSR count). The van der Waals surface area contributed by atoms with Crippen LogP contribution in [0.25, 0.3) is 0 Å². The minimum absolute atomic E-state index is 0.0311. The molecule has 168 valence electrons. The van der Waals surface area contributed by atoms with E-state index in [1.807, 2.05) is 59.9 Å². The summed E-state index contributed by atoms with van der Waals surface area (Å²) in [4.78, 5) is 31.7. The van der Waals surface area contributed by atoms with Gasteiger partial charge in [0.15, 0.2) is 16.1 Å². The summed E-state index contributed by atoms with van der Waals surface area (Å²) >= 11 is 2.75. The van der Waals surface area contributed by atoms with Gasteiger partial charge in [-0.25, -0.2) is 4.98 Å². The van der Waals surface area contributed by atoms with E-state index < -0.39 is 0 Å². The van der Waals surface area contributed by atoms with E-state index in [2.05, 4.69) is 20.5 Å². The van der Waals surface area contributed by atoms with Crippen LogP contribution in [0.15, 0.2) is 34.8 Å². The first-order valence-electron chi connectivity index (χ1n) is 10.6. The lowest BCUT2D eigenvalue weighted by Gasteiger charge is -2.25. The van der Waals surface area contributed by atoms with Crippen LogP contribution in [0.1, 0.15) is 53.2 Å². The predicted molar refractivity (Wildman–Crippen MR) is 126 cm³/mol. The topological polar surface area (TPSA) is 93.0 Å². The fourth-order valence-corrected chi connectivity index (χ4v) is 5.41. The molecule has 0 bridgehead atoms. The zero-order valence-electron chi connectivity index (χ0n) is 18.4. The zero-order chi connectivity index (χ0) is 22.7. The van der Waals surface area contributed by atoms with Crippen molar-refractivity contribution in [3.63, 3.8) is 0 Å². The summed E-state index contributed by atoms with van der Waals surface area (Å²) in [5.74, 6) is 0.899. The van der Waals surface area contributed by atoms with Crippen molar-refractivity contribution < 1.29 is 9.59 Å². The number of hydrogen-bond donors (Lipinski definition) is 1. The van der Waals surface area contributed by atoms with Crippen molar-refractivity contribution >= 4 is 40.0 Å². The highest BCUT2D eigenvalue weighted by molar-refractivity contribution is 7.99. The number of thiazole rings is 1. The fraction of sp³-hybridized carbons (Fsp3) is 0.409. The maximum atomic E-state index is 13.3. The lowest BCUT2D eigenvalue weighted by Crippen LogP contribution is -2.32. The number of anilines is 1. The summed E-state index contributed by atoms with van der Waals surface area (Å²) in [5.41, 5.74) is 2.58. The predicted octanol–water partition coefficient (Wildman–Crippen LogP) is 4.08. The summed E-state index contributed by atoms with van der Waals surface area (Å²) in [6, 6.07) is 7.56. The van der Waals surface area contributed by atoms with Crippen molar-refractivity contribution in [1.29, 1.82) is 0 Å². The molecule has 1 aliphatic heterocycles. The van der Waals surface area contributed by atoms with E-state index >= 15 is 0 Å². The summed E-state index contributed by atoms with van der Waals surface area (Å²) < 4.78 is 2.01. The third-order valence-corrected chi connectivity index (χ3v) is 7.29. The van der Waals surface area contributed by atoms with Crippen molar-refractivity contribution in [1.82, 2.24) is 24.6 Å². The van der Waals surface area contributed by atoms with Crippen molar-refractivity contribution in [2.45, 2.75) is 51.4 Å². The van der Waals surface area contributed by atoms with Gasteiger partial charge in [-0.1, -0.05) is 30.0 Å². The Morgan fingerprint density at radius 1 is 1.25 bits per heavy atom. The molecule has 1 N–H and O–H groups in total. The molecule has 1 saturated heterocycles. The Balaban J connectivity index is 1.47. The monoisotopic (exact) mass is 470 g/mol. The Morgan fingerprint density at radius 2 is 2.06 bits per heavy atom. The van der Waals surface area contributed by atoms with E-state index in [1.165, 1.54) is 23.1 Å². The van der Waals surface area contributed by atoms with Gasteiger partial charge in [0.05, 0.1) is 17.5 Å². The molecular weight excluding hydrogens is 444 g/mol. The quantitative estimate of drug-likeness (QED) is 0.523. The minimum atomic E-state index is -0.131. The molecule has 1 aliphatic rings. The number of nitrogens with one attached hydrogen (secondary N) is 1. The molecule has 3 aromatic rings. The number of amides is 2. The molecule has 0 saturated carbocycles. The number of nitrogens with zero attached hydrogens (tertiary/aromatic N) is 5. The molecule has 8 nitrogen and oxygen atoms in total. The first-order valence-corrected chi connectivity index (χ1v) is 12.5. The van der Waals surface area contributed by atoms with Gasteiger partial charge in [0.25, 0.3) is 5.91 Å². The molecule has 1 atom stereocenters. The van der Waals surface area contributed by atoms with Crippen LogP contribution in [0.4, 0.5) is 5.13 Å². The second-order valence-corrected chi connectivity index (χ2v) is 9.49. The number of likely N-dealkylation sites (tertiary alicyclic amines) is 1. The molecule has 3 heterocycles. The van der Waals surface area contributed by atoms with Crippen LogP contribution in [0.3, 0.4) is 0 Å². The maximum absolute atomic E-state index is 13.3. The van der Waals surface area contributed by atoms with Gasteiger partial charge in [0, 0.05) is 24.0 Å². The van der Waals surface area contributed by atoms with Crippen LogP contribution in [0, 0.1) is 13.8 Å². The first kappa shape index (κ1) is 22.5. The normalized spacial score (nSPS) is 15.8. The van der Waals surface area contributed by atoms with Crippen molar-refractivity contribution in [3.8, 4) is 0 Å². The van der Waals surface area contributed by atoms with E-state index in [9.17, 15) is 9.59 Å². The number of aryl methyl sites for hydroxylation is 2. The zero-order valence-corrected chi connectivity index (χ0v) is 20.0. The van der Waals surface area contributed by atoms with E-state index in [0.29, 0.717) is 23.4 Å². The highest BCUT2D eigenvalue weighted by Crippen LogP contribution is 2.34. The molecule has 2 amide bonds. The van der Waals surface area contributed by atoms with Gasteiger partial charge >= 0.3 is 0 Å². The summed E-state index contributed by atoms with van der Waals surface area (Å²) in [5, 5.41) is 14.8. The molecule has 0 spiro atoms. The molecule has 0 aliphatic carbocycles. The van der Waals surface area contributed by atoms with Crippen molar-refractivity contribution in [2.75, 3.05) is 17.6 Å². The summed E-state index contributed by atoms with van der Waals surface area (Å²) in [6.07, 6.45) is 1.78. The van der Waals surface area contributed by atoms with Crippen LogP contribution in [0.5, 0.6) is 0 Å². The van der Waals surface area contributed by atoms with Crippen LogP contribution in [-0.4, -0.2) is 48.8 Å². The smallest absolute Gasteiger partial charge is 0.254 e. The average molecular weight is 471 g/mol. The third-order valence-electron chi connectivity index (χ3n) is 5.45. The largest absolute Gasteiger partial charge is 0.328 e. The number of aromatic nitrogens is 4. The Bertz CT molecular complexity index is 1130. The molecular formula is C22H26N6O2S2. The maximum Gasteiger partial charge on any atom is 0.254 e. The number of thioether (sulfide) groups is 1. The molecule has 1 aromatic carbocycles. The standard InChI is InChI=1S/C22H26N6O2S2/c1-4-27-19(17-10-7-11-28(17)20(30)16-9-6-5-8-14(16)2)25-26-22(27)32-13-18(29)24-21-23-15(3)12-31-21/h5-6,8-9,12,17H,4,7,10-11,13H2,1-3H3,(H,23,24,29). The van der Waals surface area contributed by atoms with Crippen LogP contribution in [-0.2, 0) is 11.3 Å². The number of carbonyl (C=O) groups is 2. The number of benzene rings is 1. The third kappa shape index (κ3) is 4.71. The Hall–Kier alpha value is -2.72. The van der Waals surface area contributed by atoms with Gasteiger partial charge in [-0.15, -0.1) is 21.5 Å². The molecule has 1 unspecified atom stereocenters. The lowest BCUT2D eigenvalue weighted by atomic mass is 10.1. The van der Waals surface area contributed by atoms with Crippen molar-refractivity contribution in [2.24, 2.45) is 0 Å².